The molecular weight excluding hydrogens is 603 g/mol. The van der Waals surface area contributed by atoms with Crippen LogP contribution in [0.5, 0.6) is 0 Å². The lowest BCUT2D eigenvalue weighted by molar-refractivity contribution is 0.796. The van der Waals surface area contributed by atoms with E-state index in [2.05, 4.69) is 103 Å². The molecule has 4 heteroatoms. The third-order valence-corrected chi connectivity index (χ3v) is 11.0. The summed E-state index contributed by atoms with van der Waals surface area (Å²) in [5.74, 6) is 1.99. The highest BCUT2D eigenvalue weighted by molar-refractivity contribution is 7.19. The van der Waals surface area contributed by atoms with Crippen LogP contribution in [0.2, 0.25) is 0 Å². The van der Waals surface area contributed by atoms with Crippen molar-refractivity contribution < 1.29 is 0 Å². The molecule has 224 valence electrons. The van der Waals surface area contributed by atoms with Crippen LogP contribution >= 0.6 is 11.3 Å². The van der Waals surface area contributed by atoms with Crippen molar-refractivity contribution in [3.8, 4) is 66.2 Å². The van der Waals surface area contributed by atoms with Gasteiger partial charge in [0.15, 0.2) is 17.5 Å². The van der Waals surface area contributed by atoms with Crippen LogP contribution in [-0.4, -0.2) is 15.0 Å². The molecule has 48 heavy (non-hydrogen) atoms. The fourth-order valence-corrected chi connectivity index (χ4v) is 8.98. The summed E-state index contributed by atoms with van der Waals surface area (Å²) in [4.78, 5) is 17.5. The third-order valence-electron chi connectivity index (χ3n) is 9.77. The molecule has 0 saturated carbocycles. The van der Waals surface area contributed by atoms with Crippen molar-refractivity contribution in [3.05, 3.63) is 186 Å². The first kappa shape index (κ1) is 27.2. The van der Waals surface area contributed by atoms with E-state index in [-0.39, 0.29) is 5.41 Å². The molecule has 2 heterocycles. The average molecular weight is 630 g/mol. The first-order chi connectivity index (χ1) is 23.8. The van der Waals surface area contributed by atoms with Crippen LogP contribution in [0.25, 0.3) is 66.2 Å². The molecular formula is C44H27N3S. The maximum atomic E-state index is 5.00. The van der Waals surface area contributed by atoms with Gasteiger partial charge < -0.3 is 0 Å². The van der Waals surface area contributed by atoms with Gasteiger partial charge in [0.25, 0.3) is 0 Å². The summed E-state index contributed by atoms with van der Waals surface area (Å²) in [5.41, 5.74) is 13.1. The normalized spacial score (nSPS) is 13.2. The molecule has 0 amide bonds. The van der Waals surface area contributed by atoms with E-state index in [4.69, 9.17) is 15.0 Å². The van der Waals surface area contributed by atoms with Gasteiger partial charge in [0.1, 0.15) is 0 Å². The molecule has 1 spiro atoms. The van der Waals surface area contributed by atoms with E-state index < -0.39 is 0 Å². The Morgan fingerprint density at radius 1 is 0.354 bits per heavy atom. The lowest BCUT2D eigenvalue weighted by Crippen LogP contribution is -2.25. The van der Waals surface area contributed by atoms with Crippen LogP contribution in [-0.2, 0) is 5.41 Å². The van der Waals surface area contributed by atoms with Crippen LogP contribution in [0.1, 0.15) is 22.3 Å². The molecule has 10 rings (SSSR count). The lowest BCUT2D eigenvalue weighted by atomic mass is 9.71. The predicted octanol–water partition coefficient (Wildman–Crippen LogP) is 10.9. The van der Waals surface area contributed by atoms with Crippen LogP contribution in [0.15, 0.2) is 164 Å². The van der Waals surface area contributed by atoms with Crippen LogP contribution in [0.4, 0.5) is 0 Å². The number of thiophene rings is 1. The SMILES string of the molecule is c1ccc(-c2nc(-c3ccccc3)nc(-c3cccc(-c4cc5c(s4)-c4ccccc4C54c5ccccc5-c5ccccc54)c3)n2)cc1. The number of fused-ring (bicyclic) bond motifs is 10. The molecule has 8 aromatic rings. The maximum absolute atomic E-state index is 5.00. The molecule has 2 aromatic heterocycles. The summed E-state index contributed by atoms with van der Waals surface area (Å²) in [6, 6.07) is 58.3. The van der Waals surface area contributed by atoms with Gasteiger partial charge in [-0.3, -0.25) is 0 Å². The smallest absolute Gasteiger partial charge is 0.164 e. The Balaban J connectivity index is 1.15. The minimum absolute atomic E-state index is 0.338. The van der Waals surface area contributed by atoms with Gasteiger partial charge in [0, 0.05) is 26.4 Å². The van der Waals surface area contributed by atoms with Gasteiger partial charge in [-0.15, -0.1) is 11.3 Å². The Morgan fingerprint density at radius 2 is 0.792 bits per heavy atom. The van der Waals surface area contributed by atoms with E-state index in [0.29, 0.717) is 17.5 Å². The number of aromatic nitrogens is 3. The fraction of sp³-hybridized carbons (Fsp3) is 0.0227. The molecule has 0 fully saturated rings. The molecule has 0 aliphatic heterocycles. The van der Waals surface area contributed by atoms with E-state index in [1.165, 1.54) is 48.7 Å². The Labute approximate surface area is 282 Å². The highest BCUT2D eigenvalue weighted by Crippen LogP contribution is 2.64. The van der Waals surface area contributed by atoms with Gasteiger partial charge in [0.05, 0.1) is 5.41 Å². The van der Waals surface area contributed by atoms with Crippen molar-refractivity contribution in [1.82, 2.24) is 15.0 Å². The standard InChI is InChI=1S/C44H27N3S/c1-3-14-28(15-4-1)41-45-42(29-16-5-2-6-17-29)47-43(46-41)31-19-13-18-30(26-31)39-27-38-40(48-39)34-22-9-12-25-37(34)44(38)35-23-10-7-20-32(35)33-21-8-11-24-36(33)44/h1-27H. The molecule has 0 saturated heterocycles. The summed E-state index contributed by atoms with van der Waals surface area (Å²) in [6.07, 6.45) is 0. The van der Waals surface area contributed by atoms with Gasteiger partial charge >= 0.3 is 0 Å². The van der Waals surface area contributed by atoms with Crippen molar-refractivity contribution in [2.45, 2.75) is 5.41 Å². The molecule has 0 atom stereocenters. The second-order valence-corrected chi connectivity index (χ2v) is 13.4. The van der Waals surface area contributed by atoms with Crippen LogP contribution in [0, 0.1) is 0 Å². The molecule has 0 bridgehead atoms. The van der Waals surface area contributed by atoms with Crippen molar-refractivity contribution in [2.75, 3.05) is 0 Å². The summed E-state index contributed by atoms with van der Waals surface area (Å²) in [5, 5.41) is 0. The number of rotatable bonds is 4. The van der Waals surface area contributed by atoms with E-state index in [0.717, 1.165) is 22.3 Å². The van der Waals surface area contributed by atoms with Crippen molar-refractivity contribution in [3.63, 3.8) is 0 Å². The summed E-state index contributed by atoms with van der Waals surface area (Å²) >= 11 is 1.88. The molecule has 3 nitrogen and oxygen atoms in total. The van der Waals surface area contributed by atoms with E-state index in [1.54, 1.807) is 0 Å². The Morgan fingerprint density at radius 3 is 1.38 bits per heavy atom. The van der Waals surface area contributed by atoms with Gasteiger partial charge in [0.2, 0.25) is 0 Å². The molecule has 0 unspecified atom stereocenters. The monoisotopic (exact) mass is 629 g/mol. The zero-order chi connectivity index (χ0) is 31.7. The Bertz CT molecular complexity index is 2410. The lowest BCUT2D eigenvalue weighted by Gasteiger charge is -2.29. The number of benzene rings is 6. The second-order valence-electron chi connectivity index (χ2n) is 12.4. The predicted molar refractivity (Wildman–Crippen MR) is 196 cm³/mol. The quantitative estimate of drug-likeness (QED) is 0.194. The van der Waals surface area contributed by atoms with Crippen LogP contribution < -0.4 is 0 Å². The van der Waals surface area contributed by atoms with Crippen molar-refractivity contribution in [2.24, 2.45) is 0 Å². The zero-order valence-corrected chi connectivity index (χ0v) is 26.7. The number of hydrogen-bond acceptors (Lipinski definition) is 4. The molecule has 0 N–H and O–H groups in total. The average Bonchev–Trinajstić information content (AvgIpc) is 3.82. The van der Waals surface area contributed by atoms with E-state index in [9.17, 15) is 0 Å². The first-order valence-corrected chi connectivity index (χ1v) is 17.0. The summed E-state index contributed by atoms with van der Waals surface area (Å²) in [6.45, 7) is 0. The zero-order valence-electron chi connectivity index (χ0n) is 25.8. The van der Waals surface area contributed by atoms with Crippen molar-refractivity contribution in [1.29, 1.82) is 0 Å². The minimum atomic E-state index is -0.338. The van der Waals surface area contributed by atoms with E-state index >= 15 is 0 Å². The largest absolute Gasteiger partial charge is 0.208 e. The minimum Gasteiger partial charge on any atom is -0.208 e. The maximum Gasteiger partial charge on any atom is 0.164 e. The topological polar surface area (TPSA) is 38.7 Å². The Kier molecular flexibility index (Phi) is 5.96. The van der Waals surface area contributed by atoms with Gasteiger partial charge in [-0.1, -0.05) is 152 Å². The van der Waals surface area contributed by atoms with Gasteiger partial charge in [-0.2, -0.15) is 0 Å². The van der Waals surface area contributed by atoms with E-state index in [1.807, 2.05) is 72.0 Å². The number of hydrogen-bond donors (Lipinski definition) is 0. The molecule has 0 radical (unpaired) electrons. The molecule has 2 aliphatic rings. The van der Waals surface area contributed by atoms with Crippen LogP contribution in [0.3, 0.4) is 0 Å². The number of nitrogens with zero attached hydrogens (tertiary/aromatic N) is 3. The molecule has 6 aromatic carbocycles. The second kappa shape index (κ2) is 10.5. The summed E-state index contributed by atoms with van der Waals surface area (Å²) in [7, 11) is 0. The fourth-order valence-electron chi connectivity index (χ4n) is 7.73. The Hall–Kier alpha value is -5.97. The highest BCUT2D eigenvalue weighted by atomic mass is 32.1. The third kappa shape index (κ3) is 3.90. The van der Waals surface area contributed by atoms with Gasteiger partial charge in [-0.05, 0) is 56.6 Å². The highest BCUT2D eigenvalue weighted by Gasteiger charge is 2.52. The first-order valence-electron chi connectivity index (χ1n) is 16.2. The van der Waals surface area contributed by atoms with Crippen molar-refractivity contribution >= 4 is 11.3 Å². The summed E-state index contributed by atoms with van der Waals surface area (Å²) < 4.78 is 0. The van der Waals surface area contributed by atoms with Gasteiger partial charge in [-0.25, -0.2) is 15.0 Å². The molecule has 2 aliphatic carbocycles.